The van der Waals surface area contributed by atoms with E-state index in [1.54, 1.807) is 12.1 Å². The van der Waals surface area contributed by atoms with Crippen LogP contribution in [0.4, 0.5) is 10.1 Å². The van der Waals surface area contributed by atoms with E-state index in [-0.39, 0.29) is 11.2 Å². The summed E-state index contributed by atoms with van der Waals surface area (Å²) in [6.07, 6.45) is 6.01. The zero-order valence-electron chi connectivity index (χ0n) is 10.8. The fourth-order valence-electron chi connectivity index (χ4n) is 3.08. The Bertz CT molecular complexity index is 434. The Labute approximate surface area is 108 Å². The monoisotopic (exact) mass is 248 g/mol. The average Bonchev–Trinajstić information content (AvgIpc) is 3.21. The molecule has 2 N–H and O–H groups in total. The van der Waals surface area contributed by atoms with Crippen molar-refractivity contribution >= 4 is 5.69 Å². The zero-order chi connectivity index (χ0) is 12.6. The lowest BCUT2D eigenvalue weighted by Crippen LogP contribution is -2.32. The minimum Gasteiger partial charge on any atom is -0.371 e. The van der Waals surface area contributed by atoms with Gasteiger partial charge in [0.1, 0.15) is 5.82 Å². The van der Waals surface area contributed by atoms with Crippen LogP contribution >= 0.6 is 0 Å². The van der Waals surface area contributed by atoms with Crippen LogP contribution in [-0.4, -0.2) is 19.6 Å². The molecule has 3 rings (SSSR count). The van der Waals surface area contributed by atoms with E-state index in [0.717, 1.165) is 31.5 Å². The molecular formula is C15H21FN2. The van der Waals surface area contributed by atoms with E-state index < -0.39 is 0 Å². The summed E-state index contributed by atoms with van der Waals surface area (Å²) in [6.45, 7) is 2.83. The van der Waals surface area contributed by atoms with Gasteiger partial charge in [0.15, 0.2) is 0 Å². The number of halogens is 1. The van der Waals surface area contributed by atoms with Gasteiger partial charge in [-0.2, -0.15) is 0 Å². The fraction of sp³-hybridized carbons (Fsp3) is 0.600. The summed E-state index contributed by atoms with van der Waals surface area (Å²) in [7, 11) is 0. The zero-order valence-corrected chi connectivity index (χ0v) is 10.8. The van der Waals surface area contributed by atoms with E-state index in [9.17, 15) is 4.39 Å². The van der Waals surface area contributed by atoms with Gasteiger partial charge in [-0.05, 0) is 55.9 Å². The summed E-state index contributed by atoms with van der Waals surface area (Å²) in [6, 6.07) is 5.25. The van der Waals surface area contributed by atoms with Gasteiger partial charge in [-0.25, -0.2) is 4.39 Å². The first kappa shape index (κ1) is 12.0. The summed E-state index contributed by atoms with van der Waals surface area (Å²) in [4.78, 5) is 2.41. The van der Waals surface area contributed by atoms with Crippen LogP contribution in [0.1, 0.15) is 37.7 Å². The predicted octanol–water partition coefficient (Wildman–Crippen LogP) is 2.81. The molecule has 0 radical (unpaired) electrons. The van der Waals surface area contributed by atoms with Gasteiger partial charge in [0.05, 0.1) is 0 Å². The van der Waals surface area contributed by atoms with E-state index >= 15 is 0 Å². The van der Waals surface area contributed by atoms with Gasteiger partial charge in [-0.15, -0.1) is 0 Å². The van der Waals surface area contributed by atoms with Crippen LogP contribution in [-0.2, 0) is 5.41 Å². The largest absolute Gasteiger partial charge is 0.371 e. The number of nitrogens with zero attached hydrogens (tertiary/aromatic N) is 1. The first-order chi connectivity index (χ1) is 8.75. The summed E-state index contributed by atoms with van der Waals surface area (Å²) in [5.74, 6) is -0.134. The van der Waals surface area contributed by atoms with Crippen LogP contribution in [0.15, 0.2) is 18.2 Å². The van der Waals surface area contributed by atoms with Crippen molar-refractivity contribution in [2.24, 2.45) is 5.73 Å². The quantitative estimate of drug-likeness (QED) is 0.891. The average molecular weight is 248 g/mol. The van der Waals surface area contributed by atoms with E-state index in [0.29, 0.717) is 6.54 Å². The molecule has 2 fully saturated rings. The molecule has 3 heteroatoms. The topological polar surface area (TPSA) is 29.3 Å². The van der Waals surface area contributed by atoms with E-state index in [1.807, 2.05) is 6.07 Å². The highest BCUT2D eigenvalue weighted by Crippen LogP contribution is 2.50. The van der Waals surface area contributed by atoms with Gasteiger partial charge in [-0.1, -0.05) is 0 Å². The SMILES string of the molecule is NCC1(c2cc(F)ccc2N2CCCCC2)CC1. The molecule has 2 aliphatic rings. The third-order valence-corrected chi connectivity index (χ3v) is 4.47. The Hall–Kier alpha value is -1.09. The smallest absolute Gasteiger partial charge is 0.123 e. The summed E-state index contributed by atoms with van der Waals surface area (Å²) in [5, 5.41) is 0. The molecule has 1 saturated carbocycles. The van der Waals surface area contributed by atoms with Gasteiger partial charge >= 0.3 is 0 Å². The predicted molar refractivity (Wildman–Crippen MR) is 72.4 cm³/mol. The van der Waals surface area contributed by atoms with E-state index in [1.165, 1.54) is 24.9 Å². The van der Waals surface area contributed by atoms with E-state index in [2.05, 4.69) is 4.90 Å². The second kappa shape index (κ2) is 4.54. The molecule has 0 spiro atoms. The summed E-state index contributed by atoms with van der Waals surface area (Å²) < 4.78 is 13.5. The summed E-state index contributed by atoms with van der Waals surface area (Å²) in [5.41, 5.74) is 8.34. The van der Waals surface area contributed by atoms with Crippen molar-refractivity contribution < 1.29 is 4.39 Å². The maximum absolute atomic E-state index is 13.5. The molecule has 1 aliphatic heterocycles. The molecule has 0 unspecified atom stereocenters. The molecule has 0 aromatic heterocycles. The molecule has 1 heterocycles. The third-order valence-electron chi connectivity index (χ3n) is 4.47. The van der Waals surface area contributed by atoms with Crippen molar-refractivity contribution in [3.05, 3.63) is 29.6 Å². The number of benzene rings is 1. The van der Waals surface area contributed by atoms with Gasteiger partial charge in [0, 0.05) is 30.7 Å². The lowest BCUT2D eigenvalue weighted by molar-refractivity contribution is 0.569. The molecule has 18 heavy (non-hydrogen) atoms. The number of hydrogen-bond donors (Lipinski definition) is 1. The Morgan fingerprint density at radius 1 is 1.17 bits per heavy atom. The minimum absolute atomic E-state index is 0.0644. The maximum Gasteiger partial charge on any atom is 0.123 e. The molecule has 0 amide bonds. The molecule has 1 aromatic rings. The molecule has 0 bridgehead atoms. The third kappa shape index (κ3) is 2.01. The van der Waals surface area contributed by atoms with Gasteiger partial charge in [0.25, 0.3) is 0 Å². The second-order valence-corrected chi connectivity index (χ2v) is 5.69. The van der Waals surface area contributed by atoms with Crippen molar-refractivity contribution in [3.8, 4) is 0 Å². The lowest BCUT2D eigenvalue weighted by Gasteiger charge is -2.32. The Morgan fingerprint density at radius 2 is 1.89 bits per heavy atom. The van der Waals surface area contributed by atoms with Crippen LogP contribution in [0.25, 0.3) is 0 Å². The maximum atomic E-state index is 13.5. The highest BCUT2D eigenvalue weighted by molar-refractivity contribution is 5.59. The van der Waals surface area contributed by atoms with Crippen LogP contribution in [0, 0.1) is 5.82 Å². The minimum atomic E-state index is -0.134. The number of hydrogen-bond acceptors (Lipinski definition) is 2. The molecule has 1 aromatic carbocycles. The summed E-state index contributed by atoms with van der Waals surface area (Å²) >= 11 is 0. The van der Waals surface area contributed by atoms with Crippen LogP contribution in [0.5, 0.6) is 0 Å². The highest BCUT2D eigenvalue weighted by Gasteiger charge is 2.45. The highest BCUT2D eigenvalue weighted by atomic mass is 19.1. The standard InChI is InChI=1S/C15H21FN2/c16-12-4-5-14(18-8-2-1-3-9-18)13(10-12)15(11-17)6-7-15/h4-5,10H,1-3,6-9,11,17H2. The fourth-order valence-corrected chi connectivity index (χ4v) is 3.08. The lowest BCUT2D eigenvalue weighted by atomic mass is 9.93. The molecule has 2 nitrogen and oxygen atoms in total. The second-order valence-electron chi connectivity index (χ2n) is 5.69. The van der Waals surface area contributed by atoms with Crippen molar-refractivity contribution in [3.63, 3.8) is 0 Å². The van der Waals surface area contributed by atoms with Crippen LogP contribution < -0.4 is 10.6 Å². The first-order valence-corrected chi connectivity index (χ1v) is 7.00. The molecule has 0 atom stereocenters. The van der Waals surface area contributed by atoms with Gasteiger partial charge in [0.2, 0.25) is 0 Å². The Morgan fingerprint density at radius 3 is 2.50 bits per heavy atom. The number of nitrogens with two attached hydrogens (primary N) is 1. The van der Waals surface area contributed by atoms with Crippen molar-refractivity contribution in [2.45, 2.75) is 37.5 Å². The van der Waals surface area contributed by atoms with Crippen molar-refractivity contribution in [1.82, 2.24) is 0 Å². The molecule has 1 saturated heterocycles. The Kier molecular flexibility index (Phi) is 3.02. The van der Waals surface area contributed by atoms with Crippen LogP contribution in [0.3, 0.4) is 0 Å². The molecule has 98 valence electrons. The molecule has 1 aliphatic carbocycles. The normalized spacial score (nSPS) is 22.0. The number of piperidine rings is 1. The first-order valence-electron chi connectivity index (χ1n) is 7.00. The van der Waals surface area contributed by atoms with Crippen molar-refractivity contribution in [2.75, 3.05) is 24.5 Å². The van der Waals surface area contributed by atoms with Crippen molar-refractivity contribution in [1.29, 1.82) is 0 Å². The Balaban J connectivity index is 1.97. The number of rotatable bonds is 3. The van der Waals surface area contributed by atoms with Crippen LogP contribution in [0.2, 0.25) is 0 Å². The molecular weight excluding hydrogens is 227 g/mol. The van der Waals surface area contributed by atoms with Gasteiger partial charge in [-0.3, -0.25) is 0 Å². The number of anilines is 1. The van der Waals surface area contributed by atoms with Gasteiger partial charge < -0.3 is 10.6 Å². The van der Waals surface area contributed by atoms with E-state index in [4.69, 9.17) is 5.73 Å².